The second-order valence-electron chi connectivity index (χ2n) is 5.41. The van der Waals surface area contributed by atoms with E-state index in [1.165, 1.54) is 0 Å². The highest BCUT2D eigenvalue weighted by molar-refractivity contribution is 6.32. The number of ketones is 1. The molecule has 0 saturated heterocycles. The summed E-state index contributed by atoms with van der Waals surface area (Å²) in [5.41, 5.74) is 1.14. The van der Waals surface area contributed by atoms with Gasteiger partial charge in [0.2, 0.25) is 5.78 Å². The first-order valence-electron chi connectivity index (χ1n) is 7.91. The molecule has 0 amide bonds. The molecule has 0 radical (unpaired) electrons. The molecule has 0 atom stereocenters. The number of allylic oxidation sites excluding steroid dienone is 1. The fraction of sp³-hybridized carbons (Fsp3) is 0. The number of halogens is 1. The second-order valence-corrected chi connectivity index (χ2v) is 5.82. The highest BCUT2D eigenvalue weighted by atomic mass is 35.5. The molecule has 0 aliphatic heterocycles. The number of carbonyl (C=O) groups excluding carboxylic acids is 1. The van der Waals surface area contributed by atoms with E-state index in [0.29, 0.717) is 21.8 Å². The molecule has 3 aromatic carbocycles. The Morgan fingerprint density at radius 3 is 1.92 bits per heavy atom. The Labute approximate surface area is 156 Å². The quantitative estimate of drug-likeness (QED) is 0.253. The Morgan fingerprint density at radius 1 is 0.769 bits per heavy atom. The van der Waals surface area contributed by atoms with Crippen molar-refractivity contribution in [2.24, 2.45) is 10.2 Å². The summed E-state index contributed by atoms with van der Waals surface area (Å²) < 4.78 is 0. The molecule has 4 nitrogen and oxygen atoms in total. The van der Waals surface area contributed by atoms with Gasteiger partial charge in [0, 0.05) is 11.1 Å². The van der Waals surface area contributed by atoms with E-state index in [9.17, 15) is 9.90 Å². The summed E-state index contributed by atoms with van der Waals surface area (Å²) in [5.74, 6) is -0.669. The maximum Gasteiger partial charge on any atom is 0.217 e. The SMILES string of the molecule is O=C(C(N=Nc1ccccc1Cl)=C(O)c1ccccc1)c1ccccc1. The van der Waals surface area contributed by atoms with Gasteiger partial charge in [-0.05, 0) is 12.1 Å². The molecule has 0 aromatic heterocycles. The van der Waals surface area contributed by atoms with Crippen molar-refractivity contribution in [3.63, 3.8) is 0 Å². The van der Waals surface area contributed by atoms with Crippen molar-refractivity contribution < 1.29 is 9.90 Å². The van der Waals surface area contributed by atoms with Crippen LogP contribution in [0.3, 0.4) is 0 Å². The maximum absolute atomic E-state index is 12.9. The Morgan fingerprint density at radius 2 is 1.31 bits per heavy atom. The molecule has 0 spiro atoms. The molecule has 0 heterocycles. The van der Waals surface area contributed by atoms with Crippen LogP contribution in [-0.2, 0) is 0 Å². The summed E-state index contributed by atoms with van der Waals surface area (Å²) in [4.78, 5) is 12.9. The standard InChI is InChI=1S/C21H15ClN2O2/c22-17-13-7-8-14-18(17)23-24-19(20(25)15-9-3-1-4-10-15)21(26)16-11-5-2-6-12-16/h1-14,25H. The summed E-state index contributed by atoms with van der Waals surface area (Å²) in [6, 6.07) is 24.2. The van der Waals surface area contributed by atoms with Crippen LogP contribution in [0, 0.1) is 0 Å². The third-order valence-corrected chi connectivity index (χ3v) is 3.95. The van der Waals surface area contributed by atoms with Crippen molar-refractivity contribution in [2.45, 2.75) is 0 Å². The van der Waals surface area contributed by atoms with E-state index in [0.717, 1.165) is 0 Å². The van der Waals surface area contributed by atoms with Gasteiger partial charge in [-0.2, -0.15) is 0 Å². The number of rotatable bonds is 5. The minimum atomic E-state index is -0.428. The van der Waals surface area contributed by atoms with E-state index in [1.54, 1.807) is 72.8 Å². The van der Waals surface area contributed by atoms with Crippen LogP contribution in [0.2, 0.25) is 5.02 Å². The number of hydrogen-bond donors (Lipinski definition) is 1. The van der Waals surface area contributed by atoms with Crippen LogP contribution in [0.25, 0.3) is 5.76 Å². The predicted octanol–water partition coefficient (Wildman–Crippen LogP) is 6.23. The monoisotopic (exact) mass is 362 g/mol. The summed E-state index contributed by atoms with van der Waals surface area (Å²) in [6.45, 7) is 0. The van der Waals surface area contributed by atoms with Crippen LogP contribution in [0.5, 0.6) is 0 Å². The Balaban J connectivity index is 2.08. The Kier molecular flexibility index (Phi) is 5.56. The number of aliphatic hydroxyl groups excluding tert-OH is 1. The lowest BCUT2D eigenvalue weighted by atomic mass is 10.1. The van der Waals surface area contributed by atoms with Crippen molar-refractivity contribution in [3.05, 3.63) is 107 Å². The molecule has 128 valence electrons. The summed E-state index contributed by atoms with van der Waals surface area (Å²) in [5, 5.41) is 19.1. The number of azo groups is 1. The van der Waals surface area contributed by atoms with Crippen LogP contribution in [0.1, 0.15) is 15.9 Å². The third kappa shape index (κ3) is 4.05. The molecular formula is C21H15ClN2O2. The van der Waals surface area contributed by atoms with E-state index in [2.05, 4.69) is 10.2 Å². The van der Waals surface area contributed by atoms with Gasteiger partial charge in [-0.25, -0.2) is 0 Å². The molecule has 0 unspecified atom stereocenters. The number of Topliss-reactive ketones (excluding diaryl/α,β-unsaturated/α-hetero) is 1. The van der Waals surface area contributed by atoms with Gasteiger partial charge in [0.1, 0.15) is 5.69 Å². The van der Waals surface area contributed by atoms with Crippen LogP contribution in [-0.4, -0.2) is 10.9 Å². The molecule has 0 bridgehead atoms. The van der Waals surface area contributed by atoms with Gasteiger partial charge in [0.25, 0.3) is 0 Å². The van der Waals surface area contributed by atoms with Crippen molar-refractivity contribution >= 4 is 28.8 Å². The van der Waals surface area contributed by atoms with E-state index < -0.39 is 5.78 Å². The number of carbonyl (C=O) groups is 1. The first-order chi connectivity index (χ1) is 12.7. The van der Waals surface area contributed by atoms with Crippen molar-refractivity contribution in [3.8, 4) is 0 Å². The molecular weight excluding hydrogens is 348 g/mol. The minimum absolute atomic E-state index is 0.151. The number of aliphatic hydroxyl groups is 1. The average Bonchev–Trinajstić information content (AvgIpc) is 2.70. The smallest absolute Gasteiger partial charge is 0.217 e. The largest absolute Gasteiger partial charge is 0.505 e. The molecule has 26 heavy (non-hydrogen) atoms. The molecule has 5 heteroatoms. The van der Waals surface area contributed by atoms with Crippen LogP contribution in [0.4, 0.5) is 5.69 Å². The van der Waals surface area contributed by atoms with Gasteiger partial charge in [0.15, 0.2) is 11.5 Å². The highest BCUT2D eigenvalue weighted by Crippen LogP contribution is 2.27. The molecule has 3 aromatic rings. The molecule has 1 N–H and O–H groups in total. The van der Waals surface area contributed by atoms with Gasteiger partial charge in [-0.1, -0.05) is 84.4 Å². The lowest BCUT2D eigenvalue weighted by molar-refractivity contribution is 0.103. The van der Waals surface area contributed by atoms with E-state index in [4.69, 9.17) is 11.6 Å². The van der Waals surface area contributed by atoms with Gasteiger partial charge in [0.05, 0.1) is 5.02 Å². The first-order valence-corrected chi connectivity index (χ1v) is 8.29. The van der Waals surface area contributed by atoms with Gasteiger partial charge < -0.3 is 5.11 Å². The van der Waals surface area contributed by atoms with E-state index in [1.807, 2.05) is 12.1 Å². The molecule has 0 fully saturated rings. The van der Waals surface area contributed by atoms with Gasteiger partial charge in [-0.15, -0.1) is 10.2 Å². The third-order valence-electron chi connectivity index (χ3n) is 3.63. The highest BCUT2D eigenvalue weighted by Gasteiger charge is 2.18. The molecule has 0 aliphatic rings. The molecule has 3 rings (SSSR count). The average molecular weight is 363 g/mol. The summed E-state index contributed by atoms with van der Waals surface area (Å²) in [7, 11) is 0. The fourth-order valence-electron chi connectivity index (χ4n) is 2.30. The van der Waals surface area contributed by atoms with Crippen molar-refractivity contribution in [1.29, 1.82) is 0 Å². The lowest BCUT2D eigenvalue weighted by Crippen LogP contribution is -2.04. The number of nitrogens with zero attached hydrogens (tertiary/aromatic N) is 2. The van der Waals surface area contributed by atoms with E-state index >= 15 is 0 Å². The number of hydrogen-bond acceptors (Lipinski definition) is 4. The fourth-order valence-corrected chi connectivity index (χ4v) is 2.47. The molecule has 0 aliphatic carbocycles. The minimum Gasteiger partial charge on any atom is -0.505 e. The van der Waals surface area contributed by atoms with Crippen molar-refractivity contribution in [1.82, 2.24) is 0 Å². The van der Waals surface area contributed by atoms with Gasteiger partial charge in [-0.3, -0.25) is 4.79 Å². The first kappa shape index (κ1) is 17.6. The predicted molar refractivity (Wildman–Crippen MR) is 103 cm³/mol. The van der Waals surface area contributed by atoms with Gasteiger partial charge >= 0.3 is 0 Å². The van der Waals surface area contributed by atoms with E-state index in [-0.39, 0.29) is 11.5 Å². The molecule has 0 saturated carbocycles. The van der Waals surface area contributed by atoms with Crippen LogP contribution >= 0.6 is 11.6 Å². The van der Waals surface area contributed by atoms with Crippen molar-refractivity contribution in [2.75, 3.05) is 0 Å². The lowest BCUT2D eigenvalue weighted by Gasteiger charge is -2.06. The summed E-state index contributed by atoms with van der Waals surface area (Å²) in [6.07, 6.45) is 0. The Hall–Kier alpha value is -3.24. The zero-order chi connectivity index (χ0) is 18.4. The second kappa shape index (κ2) is 8.23. The zero-order valence-electron chi connectivity index (χ0n) is 13.7. The van der Waals surface area contributed by atoms with Crippen LogP contribution < -0.4 is 0 Å². The van der Waals surface area contributed by atoms with Crippen LogP contribution in [0.15, 0.2) is 101 Å². The number of benzene rings is 3. The summed E-state index contributed by atoms with van der Waals surface area (Å²) >= 11 is 6.08. The maximum atomic E-state index is 12.9. The normalized spacial score (nSPS) is 12.0. The zero-order valence-corrected chi connectivity index (χ0v) is 14.5. The topological polar surface area (TPSA) is 62.0 Å². The Bertz CT molecular complexity index is 968.